The predicted molar refractivity (Wildman–Crippen MR) is 82.0 cm³/mol. The third-order valence-electron chi connectivity index (χ3n) is 4.52. The lowest BCUT2D eigenvalue weighted by molar-refractivity contribution is -0.188. The lowest BCUT2D eigenvalue weighted by Crippen LogP contribution is -2.44. The third kappa shape index (κ3) is 3.51. The van der Waals surface area contributed by atoms with E-state index in [1.54, 1.807) is 0 Å². The summed E-state index contributed by atoms with van der Waals surface area (Å²) in [6.07, 6.45) is -1.02. The van der Waals surface area contributed by atoms with Crippen molar-refractivity contribution >= 4 is 16.8 Å². The number of aromatic amines is 1. The Kier molecular flexibility index (Phi) is 4.33. The molecule has 0 aliphatic carbocycles. The molecule has 1 N–H and O–H groups in total. The summed E-state index contributed by atoms with van der Waals surface area (Å²) < 4.78 is 38.5. The van der Waals surface area contributed by atoms with Crippen molar-refractivity contribution in [2.24, 2.45) is 5.92 Å². The van der Waals surface area contributed by atoms with Gasteiger partial charge < -0.3 is 9.88 Å². The molecule has 2 aromatic rings. The van der Waals surface area contributed by atoms with Crippen LogP contribution in [0.1, 0.15) is 24.8 Å². The van der Waals surface area contributed by atoms with Gasteiger partial charge in [-0.05, 0) is 30.9 Å². The molecule has 1 aliphatic heterocycles. The Morgan fingerprint density at radius 2 is 2.09 bits per heavy atom. The standard InChI is InChI=1S/C17H19F3N2O/c18-17(19,20)13-4-3-9-22(11-13)16(23)8-7-12-10-21-15-6-2-1-5-14(12)15/h1-2,5-6,10,13,21H,3-4,7-9,11H2. The maximum absolute atomic E-state index is 12.8. The number of para-hydroxylation sites is 1. The summed E-state index contributed by atoms with van der Waals surface area (Å²) in [7, 11) is 0. The number of aromatic nitrogens is 1. The Bertz CT molecular complexity index is 692. The maximum atomic E-state index is 12.8. The van der Waals surface area contributed by atoms with Crippen molar-refractivity contribution in [3.05, 3.63) is 36.0 Å². The van der Waals surface area contributed by atoms with Crippen LogP contribution in [0.3, 0.4) is 0 Å². The molecule has 1 atom stereocenters. The number of carbonyl (C=O) groups excluding carboxylic acids is 1. The van der Waals surface area contributed by atoms with Crippen molar-refractivity contribution in [2.75, 3.05) is 13.1 Å². The molecule has 0 saturated carbocycles. The Morgan fingerprint density at radius 1 is 1.30 bits per heavy atom. The average molecular weight is 324 g/mol. The monoisotopic (exact) mass is 324 g/mol. The molecule has 3 rings (SSSR count). The molecular formula is C17H19F3N2O. The Balaban J connectivity index is 1.61. The lowest BCUT2D eigenvalue weighted by atomic mass is 9.97. The van der Waals surface area contributed by atoms with Gasteiger partial charge in [0.25, 0.3) is 0 Å². The highest BCUT2D eigenvalue weighted by Crippen LogP contribution is 2.33. The van der Waals surface area contributed by atoms with E-state index in [2.05, 4.69) is 4.98 Å². The lowest BCUT2D eigenvalue weighted by Gasteiger charge is -2.33. The highest BCUT2D eigenvalue weighted by atomic mass is 19.4. The van der Waals surface area contributed by atoms with Gasteiger partial charge in [0.05, 0.1) is 5.92 Å². The summed E-state index contributed by atoms with van der Waals surface area (Å²) in [5.74, 6) is -1.57. The van der Waals surface area contributed by atoms with Crippen molar-refractivity contribution < 1.29 is 18.0 Å². The molecule has 6 heteroatoms. The van der Waals surface area contributed by atoms with Crippen molar-refractivity contribution in [2.45, 2.75) is 31.9 Å². The minimum Gasteiger partial charge on any atom is -0.361 e. The summed E-state index contributed by atoms with van der Waals surface area (Å²) in [5, 5.41) is 1.06. The van der Waals surface area contributed by atoms with E-state index in [0.717, 1.165) is 16.5 Å². The minimum atomic E-state index is -4.21. The average Bonchev–Trinajstić information content (AvgIpc) is 2.95. The van der Waals surface area contributed by atoms with Crippen LogP contribution in [0.25, 0.3) is 10.9 Å². The summed E-state index contributed by atoms with van der Waals surface area (Å²) in [6, 6.07) is 7.80. The largest absolute Gasteiger partial charge is 0.393 e. The first-order chi connectivity index (χ1) is 10.9. The Labute approximate surface area is 132 Å². The molecule has 1 aromatic heterocycles. The zero-order chi connectivity index (χ0) is 16.4. The zero-order valence-electron chi connectivity index (χ0n) is 12.7. The quantitative estimate of drug-likeness (QED) is 0.913. The van der Waals surface area contributed by atoms with Crippen LogP contribution >= 0.6 is 0 Å². The first-order valence-electron chi connectivity index (χ1n) is 7.84. The summed E-state index contributed by atoms with van der Waals surface area (Å²) in [4.78, 5) is 16.8. The van der Waals surface area contributed by atoms with E-state index in [9.17, 15) is 18.0 Å². The minimum absolute atomic E-state index is 0.121. The van der Waals surface area contributed by atoms with E-state index >= 15 is 0 Å². The van der Waals surface area contributed by atoms with E-state index < -0.39 is 12.1 Å². The van der Waals surface area contributed by atoms with Crippen LogP contribution in [0, 0.1) is 5.92 Å². The molecular weight excluding hydrogens is 305 g/mol. The molecule has 2 heterocycles. The van der Waals surface area contributed by atoms with Gasteiger partial charge in [-0.15, -0.1) is 0 Å². The molecule has 3 nitrogen and oxygen atoms in total. The topological polar surface area (TPSA) is 36.1 Å². The number of hydrogen-bond acceptors (Lipinski definition) is 1. The first kappa shape index (κ1) is 15.9. The van der Waals surface area contributed by atoms with Gasteiger partial charge in [-0.2, -0.15) is 13.2 Å². The van der Waals surface area contributed by atoms with E-state index in [0.29, 0.717) is 19.4 Å². The number of halogens is 3. The number of carbonyl (C=O) groups is 1. The zero-order valence-corrected chi connectivity index (χ0v) is 12.7. The number of aryl methyl sites for hydroxylation is 1. The SMILES string of the molecule is O=C(CCc1c[nH]c2ccccc12)N1CCCC(C(F)(F)F)C1. The molecule has 0 radical (unpaired) electrons. The van der Waals surface area contributed by atoms with E-state index in [1.165, 1.54) is 4.90 Å². The van der Waals surface area contributed by atoms with Crippen molar-refractivity contribution in [1.82, 2.24) is 9.88 Å². The van der Waals surface area contributed by atoms with E-state index in [-0.39, 0.29) is 25.3 Å². The number of amides is 1. The fraction of sp³-hybridized carbons (Fsp3) is 0.471. The number of rotatable bonds is 3. The van der Waals surface area contributed by atoms with Crippen LogP contribution in [-0.2, 0) is 11.2 Å². The second-order valence-corrected chi connectivity index (χ2v) is 6.08. The van der Waals surface area contributed by atoms with Crippen LogP contribution < -0.4 is 0 Å². The Morgan fingerprint density at radius 3 is 2.87 bits per heavy atom. The van der Waals surface area contributed by atoms with E-state index in [4.69, 9.17) is 0 Å². The van der Waals surface area contributed by atoms with Gasteiger partial charge in [-0.3, -0.25) is 4.79 Å². The van der Waals surface area contributed by atoms with Gasteiger partial charge in [0.1, 0.15) is 0 Å². The van der Waals surface area contributed by atoms with Gasteiger partial charge >= 0.3 is 6.18 Å². The van der Waals surface area contributed by atoms with Crippen LogP contribution in [0.2, 0.25) is 0 Å². The number of piperidine rings is 1. The number of fused-ring (bicyclic) bond motifs is 1. The second kappa shape index (κ2) is 6.26. The molecule has 1 unspecified atom stereocenters. The number of alkyl halides is 3. The fourth-order valence-electron chi connectivity index (χ4n) is 3.21. The number of likely N-dealkylation sites (tertiary alicyclic amines) is 1. The van der Waals surface area contributed by atoms with Crippen LogP contribution in [-0.4, -0.2) is 35.1 Å². The molecule has 0 bridgehead atoms. The molecule has 1 amide bonds. The molecule has 124 valence electrons. The number of hydrogen-bond donors (Lipinski definition) is 1. The molecule has 1 fully saturated rings. The number of nitrogens with zero attached hydrogens (tertiary/aromatic N) is 1. The normalized spacial score (nSPS) is 19.3. The van der Waals surface area contributed by atoms with Gasteiger partial charge in [0.2, 0.25) is 5.91 Å². The van der Waals surface area contributed by atoms with Crippen LogP contribution in [0.5, 0.6) is 0 Å². The highest BCUT2D eigenvalue weighted by Gasteiger charge is 2.42. The van der Waals surface area contributed by atoms with Crippen LogP contribution in [0.4, 0.5) is 13.2 Å². The smallest absolute Gasteiger partial charge is 0.361 e. The fourth-order valence-corrected chi connectivity index (χ4v) is 3.21. The van der Waals surface area contributed by atoms with Crippen LogP contribution in [0.15, 0.2) is 30.5 Å². The molecule has 1 saturated heterocycles. The molecule has 0 spiro atoms. The summed E-state index contributed by atoms with van der Waals surface area (Å²) >= 11 is 0. The van der Waals surface area contributed by atoms with Gasteiger partial charge in [-0.1, -0.05) is 18.2 Å². The number of H-pyrrole nitrogens is 1. The number of benzene rings is 1. The third-order valence-corrected chi connectivity index (χ3v) is 4.52. The van der Waals surface area contributed by atoms with Gasteiger partial charge in [-0.25, -0.2) is 0 Å². The second-order valence-electron chi connectivity index (χ2n) is 6.08. The van der Waals surface area contributed by atoms with Gasteiger partial charge in [0.15, 0.2) is 0 Å². The Hall–Kier alpha value is -1.98. The highest BCUT2D eigenvalue weighted by molar-refractivity contribution is 5.84. The predicted octanol–water partition coefficient (Wildman–Crippen LogP) is 3.90. The maximum Gasteiger partial charge on any atom is 0.393 e. The van der Waals surface area contributed by atoms with E-state index in [1.807, 2.05) is 30.5 Å². The van der Waals surface area contributed by atoms with Crippen molar-refractivity contribution in [3.63, 3.8) is 0 Å². The molecule has 1 aliphatic rings. The van der Waals surface area contributed by atoms with Gasteiger partial charge in [0, 0.05) is 36.6 Å². The molecule has 1 aromatic carbocycles. The summed E-state index contributed by atoms with van der Waals surface area (Å²) in [6.45, 7) is 0.232. The van der Waals surface area contributed by atoms with Crippen molar-refractivity contribution in [1.29, 1.82) is 0 Å². The first-order valence-corrected chi connectivity index (χ1v) is 7.84. The summed E-state index contributed by atoms with van der Waals surface area (Å²) in [5.41, 5.74) is 2.03. The number of nitrogens with one attached hydrogen (secondary N) is 1. The van der Waals surface area contributed by atoms with Crippen molar-refractivity contribution in [3.8, 4) is 0 Å². The molecule has 23 heavy (non-hydrogen) atoms.